The second kappa shape index (κ2) is 11.7. The molecule has 0 aliphatic heterocycles. The number of methoxy groups -OCH3 is 1. The lowest BCUT2D eigenvalue weighted by atomic mass is 9.96. The molecule has 0 fully saturated rings. The van der Waals surface area contributed by atoms with Gasteiger partial charge in [-0.3, -0.25) is 0 Å². The summed E-state index contributed by atoms with van der Waals surface area (Å²) in [5.41, 5.74) is 0.654. The van der Waals surface area contributed by atoms with Gasteiger partial charge >= 0.3 is 0 Å². The summed E-state index contributed by atoms with van der Waals surface area (Å²) in [5, 5.41) is 48.3. The zero-order chi connectivity index (χ0) is 23.1. The van der Waals surface area contributed by atoms with Crippen molar-refractivity contribution < 1.29 is 43.8 Å². The molecule has 2 aromatic rings. The van der Waals surface area contributed by atoms with Crippen LogP contribution in [0.15, 0.2) is 30.3 Å². The highest BCUT2D eigenvalue weighted by molar-refractivity contribution is 6.31. The van der Waals surface area contributed by atoms with Crippen LogP contribution in [-0.4, -0.2) is 70.8 Å². The van der Waals surface area contributed by atoms with Gasteiger partial charge in [0.15, 0.2) is 11.6 Å². The molecule has 0 saturated heterocycles. The van der Waals surface area contributed by atoms with Crippen LogP contribution < -0.4 is 4.74 Å². The van der Waals surface area contributed by atoms with Crippen molar-refractivity contribution in [2.75, 3.05) is 26.9 Å². The minimum Gasteiger partial charge on any atom is -0.494 e. The molecule has 0 aromatic heterocycles. The van der Waals surface area contributed by atoms with E-state index in [0.717, 1.165) is 0 Å². The molecule has 31 heavy (non-hydrogen) atoms. The van der Waals surface area contributed by atoms with Crippen LogP contribution in [0.4, 0.5) is 8.78 Å². The number of aliphatic hydroxyl groups is 5. The number of halogens is 3. The Balaban J connectivity index is 2.42. The number of benzene rings is 2. The van der Waals surface area contributed by atoms with Crippen LogP contribution >= 0.6 is 11.6 Å². The lowest BCUT2D eigenvalue weighted by molar-refractivity contribution is -0.143. The third-order valence-electron chi connectivity index (χ3n) is 4.76. The second-order valence-corrected chi connectivity index (χ2v) is 7.27. The molecule has 0 aliphatic carbocycles. The maximum absolute atomic E-state index is 14.4. The van der Waals surface area contributed by atoms with Crippen LogP contribution in [-0.2, 0) is 11.2 Å². The van der Waals surface area contributed by atoms with E-state index in [1.54, 1.807) is 0 Å². The average Bonchev–Trinajstić information content (AvgIpc) is 2.78. The fourth-order valence-electron chi connectivity index (χ4n) is 3.00. The molecule has 3 atom stereocenters. The molecule has 0 saturated carbocycles. The van der Waals surface area contributed by atoms with Crippen LogP contribution in [0.1, 0.15) is 22.8 Å². The summed E-state index contributed by atoms with van der Waals surface area (Å²) in [4.78, 5) is 0. The van der Waals surface area contributed by atoms with Gasteiger partial charge in [0, 0.05) is 11.4 Å². The molecule has 0 bridgehead atoms. The Labute approximate surface area is 183 Å². The monoisotopic (exact) mass is 462 g/mol. The SMILES string of the molecule is COc1ccc(Cc2cc(C(OC(CO)CO)C(O)C(O)CO)ccc2Cl)c(F)c1F. The van der Waals surface area contributed by atoms with Crippen molar-refractivity contribution in [3.05, 3.63) is 63.7 Å². The molecule has 3 unspecified atom stereocenters. The first kappa shape index (κ1) is 25.4. The van der Waals surface area contributed by atoms with Gasteiger partial charge in [0.1, 0.15) is 24.4 Å². The molecule has 5 N–H and O–H groups in total. The van der Waals surface area contributed by atoms with Gasteiger partial charge in [0.2, 0.25) is 5.82 Å². The lowest BCUT2D eigenvalue weighted by Gasteiger charge is -2.29. The van der Waals surface area contributed by atoms with Crippen molar-refractivity contribution in [1.29, 1.82) is 0 Å². The highest BCUT2D eigenvalue weighted by atomic mass is 35.5. The maximum atomic E-state index is 14.4. The van der Waals surface area contributed by atoms with Crippen LogP contribution in [0.25, 0.3) is 0 Å². The van der Waals surface area contributed by atoms with Crippen LogP contribution in [0, 0.1) is 11.6 Å². The summed E-state index contributed by atoms with van der Waals surface area (Å²) in [6.07, 6.45) is -5.63. The first-order valence-electron chi connectivity index (χ1n) is 9.40. The molecule has 172 valence electrons. The van der Waals surface area contributed by atoms with E-state index in [0.29, 0.717) is 5.56 Å². The third-order valence-corrected chi connectivity index (χ3v) is 5.13. The molecule has 0 radical (unpaired) electrons. The van der Waals surface area contributed by atoms with E-state index in [9.17, 15) is 29.2 Å². The Morgan fingerprint density at radius 2 is 1.61 bits per heavy atom. The predicted octanol–water partition coefficient (Wildman–Crippen LogP) is 1.34. The third kappa shape index (κ3) is 6.11. The molecule has 2 rings (SSSR count). The zero-order valence-corrected chi connectivity index (χ0v) is 17.5. The molecule has 10 heteroatoms. The van der Waals surface area contributed by atoms with Crippen LogP contribution in [0.2, 0.25) is 5.02 Å². The lowest BCUT2D eigenvalue weighted by Crippen LogP contribution is -2.39. The van der Waals surface area contributed by atoms with Crippen LogP contribution in [0.3, 0.4) is 0 Å². The number of hydrogen-bond acceptors (Lipinski definition) is 7. The number of aliphatic hydroxyl groups excluding tert-OH is 5. The second-order valence-electron chi connectivity index (χ2n) is 6.87. The van der Waals surface area contributed by atoms with E-state index >= 15 is 0 Å². The van der Waals surface area contributed by atoms with Crippen molar-refractivity contribution in [2.45, 2.75) is 30.8 Å². The van der Waals surface area contributed by atoms with Gasteiger partial charge < -0.3 is 35.0 Å². The summed E-state index contributed by atoms with van der Waals surface area (Å²) in [5.74, 6) is -2.47. The average molecular weight is 463 g/mol. The van der Waals surface area contributed by atoms with E-state index in [1.165, 1.54) is 37.4 Å². The van der Waals surface area contributed by atoms with Crippen molar-refractivity contribution >= 4 is 11.6 Å². The zero-order valence-electron chi connectivity index (χ0n) is 16.7. The Morgan fingerprint density at radius 3 is 2.19 bits per heavy atom. The Kier molecular flexibility index (Phi) is 9.57. The topological polar surface area (TPSA) is 120 Å². The molecule has 7 nitrogen and oxygen atoms in total. The van der Waals surface area contributed by atoms with Gasteiger partial charge in [-0.15, -0.1) is 0 Å². The summed E-state index contributed by atoms with van der Waals surface area (Å²) >= 11 is 6.22. The van der Waals surface area contributed by atoms with Crippen molar-refractivity contribution in [3.8, 4) is 5.75 Å². The largest absolute Gasteiger partial charge is 0.494 e. The fraction of sp³-hybridized carbons (Fsp3) is 0.429. The molecular weight excluding hydrogens is 438 g/mol. The van der Waals surface area contributed by atoms with Gasteiger partial charge in [-0.05, 0) is 28.8 Å². The molecular formula is C21H25ClF2O7. The number of hydrogen-bond donors (Lipinski definition) is 5. The molecule has 0 heterocycles. The van der Waals surface area contributed by atoms with E-state index in [-0.39, 0.29) is 28.3 Å². The van der Waals surface area contributed by atoms with Gasteiger partial charge in [0.25, 0.3) is 0 Å². The van der Waals surface area contributed by atoms with Crippen molar-refractivity contribution in [3.63, 3.8) is 0 Å². The van der Waals surface area contributed by atoms with Gasteiger partial charge in [-0.25, -0.2) is 4.39 Å². The predicted molar refractivity (Wildman–Crippen MR) is 108 cm³/mol. The van der Waals surface area contributed by atoms with Crippen molar-refractivity contribution in [1.82, 2.24) is 0 Å². The first-order valence-corrected chi connectivity index (χ1v) is 9.78. The molecule has 0 spiro atoms. The van der Waals surface area contributed by atoms with Crippen LogP contribution in [0.5, 0.6) is 5.75 Å². The van der Waals surface area contributed by atoms with E-state index in [2.05, 4.69) is 0 Å². The summed E-state index contributed by atoms with van der Waals surface area (Å²) in [7, 11) is 1.22. The number of ether oxygens (including phenoxy) is 2. The standard InChI is InChI=1S/C21H25ClF2O7/c1-30-17-5-3-11(18(23)19(17)24)6-13-7-12(2-4-15(13)22)21(20(29)16(28)10-27)31-14(8-25)9-26/h2-5,7,14,16,20-21,25-29H,6,8-10H2,1H3. The highest BCUT2D eigenvalue weighted by Gasteiger charge is 2.31. The van der Waals surface area contributed by atoms with E-state index in [1.807, 2.05) is 0 Å². The number of rotatable bonds is 11. The van der Waals surface area contributed by atoms with Gasteiger partial charge in [-0.1, -0.05) is 29.8 Å². The summed E-state index contributed by atoms with van der Waals surface area (Å²) < 4.78 is 38.7. The Hall–Kier alpha value is -1.85. The fourth-order valence-corrected chi connectivity index (χ4v) is 3.18. The molecule has 0 amide bonds. The van der Waals surface area contributed by atoms with Crippen molar-refractivity contribution in [2.24, 2.45) is 0 Å². The molecule has 2 aromatic carbocycles. The normalized spacial score (nSPS) is 14.5. The Morgan fingerprint density at radius 1 is 0.935 bits per heavy atom. The summed E-state index contributed by atoms with van der Waals surface area (Å²) in [6.45, 7) is -1.89. The maximum Gasteiger partial charge on any atom is 0.200 e. The quantitative estimate of drug-likeness (QED) is 0.342. The summed E-state index contributed by atoms with van der Waals surface area (Å²) in [6, 6.07) is 7.03. The van der Waals surface area contributed by atoms with E-state index in [4.69, 9.17) is 26.2 Å². The van der Waals surface area contributed by atoms with Gasteiger partial charge in [-0.2, -0.15) is 4.39 Å². The first-order chi connectivity index (χ1) is 14.8. The molecule has 0 aliphatic rings. The minimum absolute atomic E-state index is 0.00866. The van der Waals surface area contributed by atoms with E-state index < -0.39 is 55.9 Å². The smallest absolute Gasteiger partial charge is 0.200 e. The minimum atomic E-state index is -1.62. The Bertz CT molecular complexity index is 864. The highest BCUT2D eigenvalue weighted by Crippen LogP contribution is 2.31. The van der Waals surface area contributed by atoms with Gasteiger partial charge in [0.05, 0.1) is 26.9 Å².